The van der Waals surface area contributed by atoms with E-state index in [1.807, 2.05) is 0 Å². The lowest BCUT2D eigenvalue weighted by molar-refractivity contribution is -0.113. The van der Waals surface area contributed by atoms with Crippen LogP contribution >= 0.6 is 0 Å². The lowest BCUT2D eigenvalue weighted by atomic mass is 9.75. The van der Waals surface area contributed by atoms with E-state index in [0.29, 0.717) is 10.8 Å². The van der Waals surface area contributed by atoms with E-state index in [1.54, 1.807) is 0 Å². The summed E-state index contributed by atoms with van der Waals surface area (Å²) in [7, 11) is 0. The fourth-order valence-corrected chi connectivity index (χ4v) is 1.83. The van der Waals surface area contributed by atoms with Crippen molar-refractivity contribution < 1.29 is 18.3 Å². The van der Waals surface area contributed by atoms with E-state index >= 15 is 0 Å². The van der Waals surface area contributed by atoms with Crippen LogP contribution in [-0.4, -0.2) is 33.1 Å². The minimum absolute atomic E-state index is 0.407. The molecule has 1 saturated carbocycles. The van der Waals surface area contributed by atoms with Gasteiger partial charge in [-0.1, -0.05) is 0 Å². The maximum Gasteiger partial charge on any atom is 0.350 e. The molecule has 0 saturated heterocycles. The Bertz CT molecular complexity index is 507. The van der Waals surface area contributed by atoms with Crippen molar-refractivity contribution in [3.8, 4) is 0 Å². The number of nitrogens with zero attached hydrogens (tertiary/aromatic N) is 2. The van der Waals surface area contributed by atoms with Crippen LogP contribution in [0.4, 0.5) is 19.0 Å². The van der Waals surface area contributed by atoms with Crippen molar-refractivity contribution >= 4 is 5.82 Å². The van der Waals surface area contributed by atoms with E-state index in [0.717, 1.165) is 0 Å². The molecule has 1 heterocycles. The Morgan fingerprint density at radius 3 is 2.88 bits per heavy atom. The summed E-state index contributed by atoms with van der Waals surface area (Å²) >= 11 is 0. The molecule has 0 radical (unpaired) electrons. The van der Waals surface area contributed by atoms with Gasteiger partial charge in [-0.15, -0.1) is 0 Å². The topological polar surface area (TPSA) is 81.1 Å². The van der Waals surface area contributed by atoms with Crippen LogP contribution in [0.2, 0.25) is 0 Å². The van der Waals surface area contributed by atoms with E-state index in [2.05, 4.69) is 4.98 Å². The Balaban J connectivity index is 2.33. The molecule has 1 fully saturated rings. The van der Waals surface area contributed by atoms with Crippen LogP contribution in [0.25, 0.3) is 0 Å². The van der Waals surface area contributed by atoms with Crippen LogP contribution < -0.4 is 11.4 Å². The van der Waals surface area contributed by atoms with Gasteiger partial charge in [-0.3, -0.25) is 4.57 Å². The molecule has 0 unspecified atom stereocenters. The third-order valence-corrected chi connectivity index (χ3v) is 2.93. The molecule has 5 nitrogen and oxygen atoms in total. The molecule has 0 aromatic carbocycles. The number of aliphatic hydroxyl groups excluding tert-OH is 1. The van der Waals surface area contributed by atoms with Gasteiger partial charge >= 0.3 is 5.69 Å². The highest BCUT2D eigenvalue weighted by molar-refractivity contribution is 5.27. The number of nitrogens with two attached hydrogens (primary N) is 1. The third-order valence-electron chi connectivity index (χ3n) is 2.93. The summed E-state index contributed by atoms with van der Waals surface area (Å²) in [6.45, 7) is -0.982. The van der Waals surface area contributed by atoms with E-state index in [9.17, 15) is 18.0 Å². The number of aliphatic hydroxyl groups is 1. The number of hydrogen-bond donors (Lipinski definition) is 2. The van der Waals surface area contributed by atoms with Gasteiger partial charge in [0, 0.05) is 12.6 Å². The molecule has 0 aliphatic heterocycles. The summed E-state index contributed by atoms with van der Waals surface area (Å²) in [6, 6.07) is -1.16. The van der Waals surface area contributed by atoms with Crippen molar-refractivity contribution in [3.05, 3.63) is 22.5 Å². The molecule has 1 aromatic rings. The number of alkyl halides is 2. The minimum atomic E-state index is -2.37. The van der Waals surface area contributed by atoms with Gasteiger partial charge in [-0.25, -0.2) is 18.0 Å². The van der Waals surface area contributed by atoms with Gasteiger partial charge in [-0.2, -0.15) is 4.98 Å². The van der Waals surface area contributed by atoms with Crippen LogP contribution in [0.1, 0.15) is 12.5 Å². The number of anilines is 1. The maximum absolute atomic E-state index is 13.5. The highest BCUT2D eigenvalue weighted by Crippen LogP contribution is 2.46. The number of halogens is 3. The molecule has 1 aliphatic rings. The monoisotopic (exact) mass is 249 g/mol. The van der Waals surface area contributed by atoms with Gasteiger partial charge in [0.2, 0.25) is 0 Å². The van der Waals surface area contributed by atoms with Gasteiger partial charge in [-0.05, 0) is 0 Å². The number of rotatable bonds is 2. The molecule has 94 valence electrons. The van der Waals surface area contributed by atoms with Gasteiger partial charge in [0.25, 0.3) is 0 Å². The lowest BCUT2D eigenvalue weighted by Crippen LogP contribution is -2.57. The third kappa shape index (κ3) is 1.68. The smallest absolute Gasteiger partial charge is 0.350 e. The zero-order valence-corrected chi connectivity index (χ0v) is 8.61. The Morgan fingerprint density at radius 1 is 1.71 bits per heavy atom. The van der Waals surface area contributed by atoms with Crippen molar-refractivity contribution in [1.82, 2.24) is 9.55 Å². The average molecular weight is 249 g/mol. The Morgan fingerprint density at radius 2 is 2.35 bits per heavy atom. The Kier molecular flexibility index (Phi) is 2.61. The zero-order chi connectivity index (χ0) is 12.8. The maximum atomic E-state index is 13.5. The zero-order valence-electron chi connectivity index (χ0n) is 8.61. The minimum Gasteiger partial charge on any atom is -0.393 e. The molecule has 3 N–H and O–H groups in total. The predicted molar refractivity (Wildman–Crippen MR) is 52.3 cm³/mol. The van der Waals surface area contributed by atoms with Crippen molar-refractivity contribution in [1.29, 1.82) is 0 Å². The molecule has 0 spiro atoms. The van der Waals surface area contributed by atoms with Crippen LogP contribution in [-0.2, 0) is 0 Å². The highest BCUT2D eigenvalue weighted by atomic mass is 19.2. The molecule has 8 heteroatoms. The number of aromatic nitrogens is 2. The molecular formula is C9H10F3N3O2. The standard InChI is InChI=1S/C9H10F3N3O2/c10-4-2-15(8(17)14-7(4)13)5-1-9(12,3-16)6(5)11/h2,5-6,16H,1,3H2,(H2,13,14,17)/t5-,6+,9+/m1/s1. The molecule has 3 atom stereocenters. The number of nitrogen functional groups attached to an aromatic ring is 1. The summed E-state index contributed by atoms with van der Waals surface area (Å²) in [5.41, 5.74) is 1.74. The fraction of sp³-hybridized carbons (Fsp3) is 0.556. The van der Waals surface area contributed by atoms with Gasteiger partial charge in [0.1, 0.15) is 0 Å². The normalized spacial score (nSPS) is 32.2. The van der Waals surface area contributed by atoms with Crippen molar-refractivity contribution in [2.45, 2.75) is 24.3 Å². The first-order chi connectivity index (χ1) is 7.89. The van der Waals surface area contributed by atoms with Crippen LogP contribution in [0.15, 0.2) is 11.0 Å². The van der Waals surface area contributed by atoms with Gasteiger partial charge < -0.3 is 10.8 Å². The van der Waals surface area contributed by atoms with Gasteiger partial charge in [0.15, 0.2) is 23.5 Å². The second-order valence-corrected chi connectivity index (χ2v) is 4.03. The molecular weight excluding hydrogens is 239 g/mol. The fourth-order valence-electron chi connectivity index (χ4n) is 1.83. The van der Waals surface area contributed by atoms with Crippen LogP contribution in [0, 0.1) is 5.82 Å². The molecule has 1 aromatic heterocycles. The van der Waals surface area contributed by atoms with E-state index in [4.69, 9.17) is 10.8 Å². The molecule has 0 bridgehead atoms. The molecule has 0 amide bonds. The lowest BCUT2D eigenvalue weighted by Gasteiger charge is -2.44. The average Bonchev–Trinajstić information content (AvgIpc) is 2.30. The second kappa shape index (κ2) is 3.73. The van der Waals surface area contributed by atoms with Crippen LogP contribution in [0.5, 0.6) is 0 Å². The second-order valence-electron chi connectivity index (χ2n) is 4.03. The first-order valence-electron chi connectivity index (χ1n) is 4.87. The molecule has 2 rings (SSSR count). The summed E-state index contributed by atoms with van der Waals surface area (Å²) in [5, 5.41) is 8.64. The quantitative estimate of drug-likeness (QED) is 0.769. The summed E-state index contributed by atoms with van der Waals surface area (Å²) < 4.78 is 40.6. The first kappa shape index (κ1) is 11.9. The Hall–Kier alpha value is -1.57. The van der Waals surface area contributed by atoms with Crippen molar-refractivity contribution in [2.75, 3.05) is 12.3 Å². The summed E-state index contributed by atoms with van der Waals surface area (Å²) in [4.78, 5) is 14.5. The largest absolute Gasteiger partial charge is 0.393 e. The SMILES string of the molecule is Nc1nc(=O)n([C@@H]2C[C@](F)(CO)[C@H]2F)cc1F. The summed E-state index contributed by atoms with van der Waals surface area (Å²) in [5.74, 6) is -1.56. The first-order valence-corrected chi connectivity index (χ1v) is 4.87. The van der Waals surface area contributed by atoms with Crippen molar-refractivity contribution in [2.24, 2.45) is 0 Å². The number of hydrogen-bond acceptors (Lipinski definition) is 4. The van der Waals surface area contributed by atoms with E-state index in [-0.39, 0.29) is 0 Å². The van der Waals surface area contributed by atoms with Crippen LogP contribution in [0.3, 0.4) is 0 Å². The van der Waals surface area contributed by atoms with E-state index < -0.39 is 48.2 Å². The van der Waals surface area contributed by atoms with Crippen molar-refractivity contribution in [3.63, 3.8) is 0 Å². The van der Waals surface area contributed by atoms with Gasteiger partial charge in [0.05, 0.1) is 12.6 Å². The molecule has 17 heavy (non-hydrogen) atoms. The highest BCUT2D eigenvalue weighted by Gasteiger charge is 2.57. The summed E-state index contributed by atoms with van der Waals surface area (Å²) in [6.07, 6.45) is -1.79. The van der Waals surface area contributed by atoms with E-state index in [1.165, 1.54) is 0 Å². The Labute approximate surface area is 93.7 Å². The molecule has 1 aliphatic carbocycles. The predicted octanol–water partition coefficient (Wildman–Crippen LogP) is -0.0519.